The average molecular weight is 303 g/mol. The van der Waals surface area contributed by atoms with Crippen molar-refractivity contribution in [2.24, 2.45) is 5.92 Å². The van der Waals surface area contributed by atoms with Crippen molar-refractivity contribution in [3.63, 3.8) is 0 Å². The van der Waals surface area contributed by atoms with Gasteiger partial charge in [-0.3, -0.25) is 9.59 Å². The number of carbonyl (C=O) groups is 2. The molecule has 104 valence electrons. The fourth-order valence-electron chi connectivity index (χ4n) is 2.52. The van der Waals surface area contributed by atoms with Crippen LogP contribution in [0.1, 0.15) is 34.8 Å². The molecule has 0 heterocycles. The zero-order valence-electron chi connectivity index (χ0n) is 12.1. The van der Waals surface area contributed by atoms with Crippen LogP contribution in [0.5, 0.6) is 0 Å². The van der Waals surface area contributed by atoms with Gasteiger partial charge in [0.2, 0.25) is 5.91 Å². The molecule has 5 nitrogen and oxygen atoms in total. The number of anilines is 1. The first kappa shape index (κ1) is 19.9. The third-order valence-electron chi connectivity index (χ3n) is 3.47. The summed E-state index contributed by atoms with van der Waals surface area (Å²) in [5.41, 5.74) is 3.46. The van der Waals surface area contributed by atoms with E-state index in [2.05, 4.69) is 5.32 Å². The Morgan fingerprint density at radius 2 is 2.10 bits per heavy atom. The number of Topliss-reactive ketones (excluding diaryl/α,β-unsaturated/α-hetero) is 1. The van der Waals surface area contributed by atoms with Crippen molar-refractivity contribution >= 4 is 17.4 Å². The Balaban J connectivity index is 0.00000180. The minimum absolute atomic E-state index is 0. The first-order chi connectivity index (χ1) is 8.54. The second kappa shape index (κ2) is 8.38. The van der Waals surface area contributed by atoms with E-state index in [0.29, 0.717) is 12.8 Å². The van der Waals surface area contributed by atoms with Gasteiger partial charge in [-0.05, 0) is 43.0 Å². The fourth-order valence-corrected chi connectivity index (χ4v) is 2.52. The number of rotatable bonds is 3. The quantitative estimate of drug-likeness (QED) is 0.666. The predicted molar refractivity (Wildman–Crippen MR) is 70.6 cm³/mol. The maximum absolute atomic E-state index is 12.1. The molecule has 0 fully saturated rings. The molecule has 0 aliphatic heterocycles. The number of hydrogen-bond donors (Lipinski definition) is 2. The van der Waals surface area contributed by atoms with E-state index in [1.54, 1.807) is 12.1 Å². The van der Waals surface area contributed by atoms with Crippen LogP contribution in [0.2, 0.25) is 0 Å². The SMILES string of the molecule is CC(=O)Nc1ccc2c(c1C)CC(CCO)C2=O.[K+].[OH-]. The van der Waals surface area contributed by atoms with Crippen molar-refractivity contribution < 1.29 is 71.6 Å². The standard InChI is InChI=1S/C14H17NO3.K.H2O/c1-8-12-7-10(5-6-16)14(18)11(12)3-4-13(8)15-9(2)17;;/h3-4,10,16H,5-7H2,1-2H3,(H,15,17);;1H2/q;+1;/p-1. The van der Waals surface area contributed by atoms with E-state index in [-0.39, 0.29) is 81.1 Å². The number of nitrogens with one attached hydrogen (secondary N) is 1. The summed E-state index contributed by atoms with van der Waals surface area (Å²) >= 11 is 0. The van der Waals surface area contributed by atoms with Crippen molar-refractivity contribution in [1.82, 2.24) is 0 Å². The number of ketones is 1. The number of benzene rings is 1. The molecule has 20 heavy (non-hydrogen) atoms. The fraction of sp³-hybridized carbons (Fsp3) is 0.429. The van der Waals surface area contributed by atoms with Crippen LogP contribution < -0.4 is 56.7 Å². The first-order valence-corrected chi connectivity index (χ1v) is 6.09. The Labute approximate surface area is 160 Å². The van der Waals surface area contributed by atoms with E-state index in [0.717, 1.165) is 22.4 Å². The van der Waals surface area contributed by atoms with Crippen molar-refractivity contribution in [1.29, 1.82) is 0 Å². The molecule has 1 aromatic carbocycles. The van der Waals surface area contributed by atoms with Gasteiger partial charge in [-0.1, -0.05) is 0 Å². The first-order valence-electron chi connectivity index (χ1n) is 6.09. The third-order valence-corrected chi connectivity index (χ3v) is 3.47. The number of amides is 1. The molecule has 1 aliphatic carbocycles. The van der Waals surface area contributed by atoms with Crippen LogP contribution in [0.25, 0.3) is 0 Å². The largest absolute Gasteiger partial charge is 1.00 e. The summed E-state index contributed by atoms with van der Waals surface area (Å²) in [5, 5.41) is 11.7. The monoisotopic (exact) mass is 303 g/mol. The molecule has 1 unspecified atom stereocenters. The van der Waals surface area contributed by atoms with E-state index in [1.807, 2.05) is 6.92 Å². The number of fused-ring (bicyclic) bond motifs is 1. The molecular formula is C14H18KNO4. The van der Waals surface area contributed by atoms with E-state index >= 15 is 0 Å². The molecule has 0 radical (unpaired) electrons. The summed E-state index contributed by atoms with van der Waals surface area (Å²) in [5.74, 6) is -0.123. The molecule has 0 spiro atoms. The maximum atomic E-state index is 12.1. The molecule has 0 saturated carbocycles. The minimum Gasteiger partial charge on any atom is -0.870 e. The molecule has 3 N–H and O–H groups in total. The topological polar surface area (TPSA) is 96.4 Å². The van der Waals surface area contributed by atoms with Crippen LogP contribution >= 0.6 is 0 Å². The number of aliphatic hydroxyl groups is 1. The third kappa shape index (κ3) is 3.97. The molecule has 0 bridgehead atoms. The molecule has 1 atom stereocenters. The van der Waals surface area contributed by atoms with E-state index in [9.17, 15) is 9.59 Å². The zero-order chi connectivity index (χ0) is 13.3. The average Bonchev–Trinajstić information content (AvgIpc) is 2.62. The maximum Gasteiger partial charge on any atom is 1.00 e. The van der Waals surface area contributed by atoms with Gasteiger partial charge in [-0.25, -0.2) is 0 Å². The van der Waals surface area contributed by atoms with Gasteiger partial charge in [0.05, 0.1) is 0 Å². The van der Waals surface area contributed by atoms with E-state index in [1.165, 1.54) is 6.92 Å². The molecular weight excluding hydrogens is 285 g/mol. The van der Waals surface area contributed by atoms with Crippen molar-refractivity contribution in [2.45, 2.75) is 26.7 Å². The van der Waals surface area contributed by atoms with Gasteiger partial charge in [0.15, 0.2) is 5.78 Å². The summed E-state index contributed by atoms with van der Waals surface area (Å²) in [4.78, 5) is 23.2. The molecule has 1 aliphatic rings. The van der Waals surface area contributed by atoms with Gasteiger partial charge >= 0.3 is 51.4 Å². The molecule has 6 heteroatoms. The van der Waals surface area contributed by atoms with E-state index in [4.69, 9.17) is 5.11 Å². The Kier molecular flexibility index (Phi) is 8.35. The Morgan fingerprint density at radius 3 is 2.65 bits per heavy atom. The van der Waals surface area contributed by atoms with Crippen LogP contribution in [0.4, 0.5) is 5.69 Å². The van der Waals surface area contributed by atoms with Crippen molar-refractivity contribution in [2.75, 3.05) is 11.9 Å². The summed E-state index contributed by atoms with van der Waals surface area (Å²) in [6, 6.07) is 3.54. The minimum atomic E-state index is -0.116. The Hall–Kier alpha value is -0.0836. The van der Waals surface area contributed by atoms with Crippen LogP contribution in [0.3, 0.4) is 0 Å². The second-order valence-electron chi connectivity index (χ2n) is 4.72. The molecule has 0 aromatic heterocycles. The number of hydrogen-bond acceptors (Lipinski definition) is 4. The number of aliphatic hydroxyl groups excluding tert-OH is 1. The predicted octanol–water partition coefficient (Wildman–Crippen LogP) is -1.48. The summed E-state index contributed by atoms with van der Waals surface area (Å²) in [6.07, 6.45) is 1.16. The van der Waals surface area contributed by atoms with Crippen molar-refractivity contribution in [3.8, 4) is 0 Å². The molecule has 2 rings (SSSR count). The summed E-state index contributed by atoms with van der Waals surface area (Å²) in [7, 11) is 0. The van der Waals surface area contributed by atoms with Crippen LogP contribution in [0.15, 0.2) is 12.1 Å². The van der Waals surface area contributed by atoms with Gasteiger partial charge in [0.1, 0.15) is 0 Å². The molecule has 0 saturated heterocycles. The molecule has 1 amide bonds. The summed E-state index contributed by atoms with van der Waals surface area (Å²) in [6.45, 7) is 3.41. The number of carbonyl (C=O) groups excluding carboxylic acids is 2. The van der Waals surface area contributed by atoms with Crippen LogP contribution in [-0.2, 0) is 11.2 Å². The van der Waals surface area contributed by atoms with Gasteiger partial charge in [-0.2, -0.15) is 0 Å². The van der Waals surface area contributed by atoms with Gasteiger partial charge < -0.3 is 15.9 Å². The normalized spacial score (nSPS) is 15.9. The molecule has 1 aromatic rings. The van der Waals surface area contributed by atoms with Crippen LogP contribution in [-0.4, -0.2) is 28.9 Å². The van der Waals surface area contributed by atoms with Gasteiger partial charge in [-0.15, -0.1) is 0 Å². The zero-order valence-corrected chi connectivity index (χ0v) is 15.2. The van der Waals surface area contributed by atoms with Crippen molar-refractivity contribution in [3.05, 3.63) is 28.8 Å². The smallest absolute Gasteiger partial charge is 0.870 e. The Bertz CT molecular complexity index is 516. The van der Waals surface area contributed by atoms with E-state index < -0.39 is 0 Å². The summed E-state index contributed by atoms with van der Waals surface area (Å²) < 4.78 is 0. The van der Waals surface area contributed by atoms with Gasteiger partial charge in [0, 0.05) is 30.7 Å². The van der Waals surface area contributed by atoms with Gasteiger partial charge in [0.25, 0.3) is 0 Å². The Morgan fingerprint density at radius 1 is 1.45 bits per heavy atom. The van der Waals surface area contributed by atoms with Crippen LogP contribution in [0, 0.1) is 12.8 Å². The second-order valence-corrected chi connectivity index (χ2v) is 4.72.